The van der Waals surface area contributed by atoms with E-state index in [0.717, 1.165) is 6.42 Å². The van der Waals surface area contributed by atoms with Gasteiger partial charge >= 0.3 is 0 Å². The molecule has 0 aromatic heterocycles. The van der Waals surface area contributed by atoms with Gasteiger partial charge in [-0.3, -0.25) is 4.21 Å². The molecular formula is C5H14O2S. The van der Waals surface area contributed by atoms with Gasteiger partial charge in [0.15, 0.2) is 0 Å². The summed E-state index contributed by atoms with van der Waals surface area (Å²) >= 11 is 0. The van der Waals surface area contributed by atoms with Crippen molar-refractivity contribution in [2.45, 2.75) is 13.3 Å². The average molecular weight is 138 g/mol. The lowest BCUT2D eigenvalue weighted by Gasteiger charge is -1.69. The molecule has 0 aliphatic carbocycles. The molecule has 0 saturated carbocycles. The van der Waals surface area contributed by atoms with Crippen LogP contribution in [0.5, 0.6) is 0 Å². The van der Waals surface area contributed by atoms with Crippen molar-refractivity contribution in [2.24, 2.45) is 0 Å². The van der Waals surface area contributed by atoms with Crippen LogP contribution in [0.1, 0.15) is 13.3 Å². The lowest BCUT2D eigenvalue weighted by molar-refractivity contribution is 0.295. The number of aliphatic hydroxyl groups excluding tert-OH is 1. The van der Waals surface area contributed by atoms with Crippen LogP contribution >= 0.6 is 0 Å². The molecular weight excluding hydrogens is 124 g/mol. The molecule has 52 valence electrons. The van der Waals surface area contributed by atoms with Gasteiger partial charge in [-0.2, -0.15) is 0 Å². The summed E-state index contributed by atoms with van der Waals surface area (Å²) in [7, 11) is -0.611. The molecule has 0 aromatic carbocycles. The second-order valence-electron chi connectivity index (χ2n) is 1.47. The predicted octanol–water partition coefficient (Wildman–Crippen LogP) is 0.383. The standard InChI is InChI=1S/C3H8O.C2H6OS/c1-2-3-4;1-4(2)3/h4H,2-3H2,1H3;1-2H3. The van der Waals surface area contributed by atoms with Crippen molar-refractivity contribution in [3.8, 4) is 0 Å². The molecule has 0 rings (SSSR count). The van der Waals surface area contributed by atoms with Gasteiger partial charge in [-0.1, -0.05) is 6.92 Å². The molecule has 0 amide bonds. The second-order valence-corrected chi connectivity index (χ2v) is 2.95. The highest BCUT2D eigenvalue weighted by molar-refractivity contribution is 7.83. The van der Waals surface area contributed by atoms with Crippen LogP contribution in [0.3, 0.4) is 0 Å². The van der Waals surface area contributed by atoms with E-state index >= 15 is 0 Å². The van der Waals surface area contributed by atoms with Gasteiger partial charge in [0, 0.05) is 29.9 Å². The summed E-state index contributed by atoms with van der Waals surface area (Å²) in [6.07, 6.45) is 4.15. The molecule has 0 heterocycles. The van der Waals surface area contributed by atoms with Crippen molar-refractivity contribution in [2.75, 3.05) is 19.1 Å². The second kappa shape index (κ2) is 10.2. The van der Waals surface area contributed by atoms with Gasteiger partial charge in [0.05, 0.1) is 0 Å². The molecule has 8 heavy (non-hydrogen) atoms. The molecule has 0 radical (unpaired) electrons. The van der Waals surface area contributed by atoms with Crippen molar-refractivity contribution in [3.05, 3.63) is 0 Å². The smallest absolute Gasteiger partial charge is 0.0428 e. The van der Waals surface area contributed by atoms with Gasteiger partial charge in [0.25, 0.3) is 0 Å². The fraction of sp³-hybridized carbons (Fsp3) is 1.00. The maximum Gasteiger partial charge on any atom is 0.0428 e. The summed E-state index contributed by atoms with van der Waals surface area (Å²) in [5.41, 5.74) is 0. The van der Waals surface area contributed by atoms with Crippen molar-refractivity contribution < 1.29 is 9.32 Å². The van der Waals surface area contributed by atoms with Crippen LogP contribution in [0.15, 0.2) is 0 Å². The monoisotopic (exact) mass is 138 g/mol. The van der Waals surface area contributed by atoms with Gasteiger partial charge in [-0.25, -0.2) is 0 Å². The lowest BCUT2D eigenvalue weighted by atomic mass is 10.5. The highest BCUT2D eigenvalue weighted by Gasteiger charge is 1.57. The zero-order valence-corrected chi connectivity index (χ0v) is 6.49. The zero-order valence-electron chi connectivity index (χ0n) is 5.68. The summed E-state index contributed by atoms with van der Waals surface area (Å²) in [5, 5.41) is 7.88. The van der Waals surface area contributed by atoms with Gasteiger partial charge < -0.3 is 5.11 Å². The molecule has 0 aliphatic heterocycles. The van der Waals surface area contributed by atoms with Gasteiger partial charge in [-0.15, -0.1) is 0 Å². The summed E-state index contributed by atoms with van der Waals surface area (Å²) in [6.45, 7) is 2.25. The highest BCUT2D eigenvalue weighted by Crippen LogP contribution is 1.61. The number of hydrogen-bond donors (Lipinski definition) is 1. The van der Waals surface area contributed by atoms with Crippen LogP contribution in [0.4, 0.5) is 0 Å². The normalized spacial score (nSPS) is 8.12. The largest absolute Gasteiger partial charge is 0.396 e. The number of rotatable bonds is 1. The van der Waals surface area contributed by atoms with E-state index < -0.39 is 10.8 Å². The molecule has 0 fully saturated rings. The maximum absolute atomic E-state index is 9.56. The Morgan fingerprint density at radius 1 is 1.50 bits per heavy atom. The van der Waals surface area contributed by atoms with Crippen molar-refractivity contribution in [3.63, 3.8) is 0 Å². The van der Waals surface area contributed by atoms with Crippen molar-refractivity contribution >= 4 is 10.8 Å². The van der Waals surface area contributed by atoms with Crippen LogP contribution < -0.4 is 0 Å². The van der Waals surface area contributed by atoms with E-state index in [4.69, 9.17) is 5.11 Å². The minimum atomic E-state index is -0.611. The van der Waals surface area contributed by atoms with E-state index in [-0.39, 0.29) is 0 Å². The Morgan fingerprint density at radius 3 is 1.62 bits per heavy atom. The third-order valence-electron chi connectivity index (χ3n) is 0.224. The Balaban J connectivity index is 0. The fourth-order valence-corrected chi connectivity index (χ4v) is 0. The van der Waals surface area contributed by atoms with Crippen LogP contribution in [0.25, 0.3) is 0 Å². The third kappa shape index (κ3) is 129. The topological polar surface area (TPSA) is 37.3 Å². The predicted molar refractivity (Wildman–Crippen MR) is 37.4 cm³/mol. The van der Waals surface area contributed by atoms with E-state index in [1.807, 2.05) is 6.92 Å². The summed E-state index contributed by atoms with van der Waals surface area (Å²) < 4.78 is 9.56. The van der Waals surface area contributed by atoms with Crippen LogP contribution in [0.2, 0.25) is 0 Å². The van der Waals surface area contributed by atoms with Crippen LogP contribution in [-0.2, 0) is 10.8 Å². The first-order valence-electron chi connectivity index (χ1n) is 2.51. The molecule has 1 N–H and O–H groups in total. The van der Waals surface area contributed by atoms with E-state index in [9.17, 15) is 4.21 Å². The van der Waals surface area contributed by atoms with Gasteiger partial charge in [0.2, 0.25) is 0 Å². The minimum Gasteiger partial charge on any atom is -0.396 e. The number of aliphatic hydroxyl groups is 1. The molecule has 3 heteroatoms. The molecule has 0 spiro atoms. The minimum absolute atomic E-state index is 0.319. The molecule has 0 bridgehead atoms. The molecule has 0 aliphatic rings. The average Bonchev–Trinajstić information content (AvgIpc) is 1.65. The number of hydrogen-bond acceptors (Lipinski definition) is 2. The first kappa shape index (κ1) is 11.0. The van der Waals surface area contributed by atoms with E-state index in [1.54, 1.807) is 12.5 Å². The van der Waals surface area contributed by atoms with Crippen LogP contribution in [0, 0.1) is 0 Å². The molecule has 0 unspecified atom stereocenters. The van der Waals surface area contributed by atoms with E-state index in [0.29, 0.717) is 6.61 Å². The highest BCUT2D eigenvalue weighted by atomic mass is 32.2. The first-order chi connectivity index (χ1) is 3.65. The SMILES string of the molecule is CCCO.CS(C)=O. The summed E-state index contributed by atoms with van der Waals surface area (Å²) in [5.74, 6) is 0. The quantitative estimate of drug-likeness (QED) is 0.569. The lowest BCUT2D eigenvalue weighted by Crippen LogP contribution is -1.70. The molecule has 2 nitrogen and oxygen atoms in total. The van der Waals surface area contributed by atoms with Crippen LogP contribution in [-0.4, -0.2) is 28.4 Å². The third-order valence-corrected chi connectivity index (χ3v) is 0.224. The Labute approximate surface area is 53.4 Å². The fourth-order valence-electron chi connectivity index (χ4n) is 0. The summed E-state index contributed by atoms with van der Waals surface area (Å²) in [6, 6.07) is 0. The van der Waals surface area contributed by atoms with E-state index in [2.05, 4.69) is 0 Å². The molecule has 0 saturated heterocycles. The Kier molecular flexibility index (Phi) is 14.0. The van der Waals surface area contributed by atoms with Gasteiger partial charge in [0.1, 0.15) is 0 Å². The molecule has 0 atom stereocenters. The Morgan fingerprint density at radius 2 is 1.62 bits per heavy atom. The van der Waals surface area contributed by atoms with Gasteiger partial charge in [-0.05, 0) is 6.42 Å². The molecule has 0 aromatic rings. The Hall–Kier alpha value is 0.110. The summed E-state index contributed by atoms with van der Waals surface area (Å²) in [4.78, 5) is 0. The zero-order chi connectivity index (χ0) is 6.99. The van der Waals surface area contributed by atoms with Crippen molar-refractivity contribution in [1.29, 1.82) is 0 Å². The maximum atomic E-state index is 9.56. The van der Waals surface area contributed by atoms with Crippen molar-refractivity contribution in [1.82, 2.24) is 0 Å². The van der Waals surface area contributed by atoms with E-state index in [1.165, 1.54) is 0 Å². The Bertz CT molecular complexity index is 48.4. The first-order valence-corrected chi connectivity index (χ1v) is 4.47.